The van der Waals surface area contributed by atoms with E-state index in [1.165, 1.54) is 0 Å². The number of para-hydroxylation sites is 1. The SMILES string of the molecule is O=C(Nc1ccccc1)C1CC(C(=O)O)(C(=O)O)Cc2cccc(Br)c21. The Morgan fingerprint density at radius 2 is 1.65 bits per heavy atom. The van der Waals surface area contributed by atoms with E-state index in [9.17, 15) is 24.6 Å². The van der Waals surface area contributed by atoms with Gasteiger partial charge < -0.3 is 15.5 Å². The van der Waals surface area contributed by atoms with Crippen LogP contribution in [-0.2, 0) is 20.8 Å². The quantitative estimate of drug-likeness (QED) is 0.662. The van der Waals surface area contributed by atoms with Crippen molar-refractivity contribution in [1.29, 1.82) is 0 Å². The van der Waals surface area contributed by atoms with Gasteiger partial charge in [-0.2, -0.15) is 0 Å². The van der Waals surface area contributed by atoms with E-state index in [1.807, 2.05) is 6.07 Å². The number of halogens is 1. The van der Waals surface area contributed by atoms with Crippen LogP contribution < -0.4 is 5.32 Å². The lowest BCUT2D eigenvalue weighted by atomic mass is 9.66. The number of carboxylic acids is 2. The van der Waals surface area contributed by atoms with E-state index in [1.54, 1.807) is 42.5 Å². The van der Waals surface area contributed by atoms with Gasteiger partial charge in [-0.25, -0.2) is 0 Å². The molecule has 2 aromatic carbocycles. The van der Waals surface area contributed by atoms with Gasteiger partial charge in [0.2, 0.25) is 5.91 Å². The summed E-state index contributed by atoms with van der Waals surface area (Å²) >= 11 is 3.41. The molecule has 2 aromatic rings. The maximum absolute atomic E-state index is 12.9. The lowest BCUT2D eigenvalue weighted by Gasteiger charge is -2.36. The Labute approximate surface area is 158 Å². The summed E-state index contributed by atoms with van der Waals surface area (Å²) in [5.74, 6) is -4.21. The van der Waals surface area contributed by atoms with E-state index in [4.69, 9.17) is 0 Å². The third kappa shape index (κ3) is 3.10. The molecule has 1 atom stereocenters. The molecule has 0 spiro atoms. The predicted octanol–water partition coefficient (Wildman–Crippen LogP) is 3.27. The maximum Gasteiger partial charge on any atom is 0.321 e. The van der Waals surface area contributed by atoms with Crippen LogP contribution in [0.4, 0.5) is 5.69 Å². The van der Waals surface area contributed by atoms with Crippen molar-refractivity contribution in [3.8, 4) is 0 Å². The zero-order valence-corrected chi connectivity index (χ0v) is 15.2. The highest BCUT2D eigenvalue weighted by Gasteiger charge is 2.53. The number of carboxylic acid groups (broad SMARTS) is 2. The lowest BCUT2D eigenvalue weighted by Crippen LogP contribution is -2.47. The van der Waals surface area contributed by atoms with Gasteiger partial charge in [0.15, 0.2) is 5.41 Å². The average Bonchev–Trinajstić information content (AvgIpc) is 2.61. The molecular weight excluding hydrogens is 402 g/mol. The van der Waals surface area contributed by atoms with Crippen LogP contribution >= 0.6 is 15.9 Å². The average molecular weight is 418 g/mol. The van der Waals surface area contributed by atoms with Crippen LogP contribution in [0.1, 0.15) is 23.5 Å². The molecule has 7 heteroatoms. The van der Waals surface area contributed by atoms with Crippen molar-refractivity contribution < 1.29 is 24.6 Å². The van der Waals surface area contributed by atoms with Gasteiger partial charge in [-0.05, 0) is 42.2 Å². The molecule has 134 valence electrons. The molecule has 26 heavy (non-hydrogen) atoms. The highest BCUT2D eigenvalue weighted by molar-refractivity contribution is 9.10. The molecular formula is C19H16BrNO5. The van der Waals surface area contributed by atoms with Gasteiger partial charge in [-0.1, -0.05) is 46.3 Å². The maximum atomic E-state index is 12.9. The number of hydrogen-bond donors (Lipinski definition) is 3. The van der Waals surface area contributed by atoms with Crippen LogP contribution in [0.15, 0.2) is 53.0 Å². The van der Waals surface area contributed by atoms with Crippen LogP contribution in [0.25, 0.3) is 0 Å². The van der Waals surface area contributed by atoms with Crippen LogP contribution in [0.2, 0.25) is 0 Å². The van der Waals surface area contributed by atoms with Gasteiger partial charge in [0, 0.05) is 10.2 Å². The lowest BCUT2D eigenvalue weighted by molar-refractivity contribution is -0.166. The van der Waals surface area contributed by atoms with Crippen molar-refractivity contribution >= 4 is 39.5 Å². The largest absolute Gasteiger partial charge is 0.480 e. The van der Waals surface area contributed by atoms with Gasteiger partial charge in [0.1, 0.15) is 0 Å². The molecule has 3 rings (SSSR count). The zero-order valence-electron chi connectivity index (χ0n) is 13.6. The Morgan fingerprint density at radius 3 is 2.27 bits per heavy atom. The number of rotatable bonds is 4. The van der Waals surface area contributed by atoms with Crippen molar-refractivity contribution in [3.05, 3.63) is 64.1 Å². The molecule has 0 radical (unpaired) electrons. The van der Waals surface area contributed by atoms with E-state index in [2.05, 4.69) is 21.2 Å². The van der Waals surface area contributed by atoms with Gasteiger partial charge in [-0.15, -0.1) is 0 Å². The second kappa shape index (κ2) is 6.92. The molecule has 1 amide bonds. The highest BCUT2D eigenvalue weighted by atomic mass is 79.9. The first kappa shape index (κ1) is 18.1. The third-order valence-corrected chi connectivity index (χ3v) is 5.40. The van der Waals surface area contributed by atoms with E-state index in [0.29, 0.717) is 21.3 Å². The van der Waals surface area contributed by atoms with E-state index < -0.39 is 29.2 Å². The molecule has 6 nitrogen and oxygen atoms in total. The Hall–Kier alpha value is -2.67. The Kier molecular flexibility index (Phi) is 4.82. The summed E-state index contributed by atoms with van der Waals surface area (Å²) in [5.41, 5.74) is -0.289. The molecule has 1 unspecified atom stereocenters. The number of carbonyl (C=O) groups is 3. The Morgan fingerprint density at radius 1 is 1.00 bits per heavy atom. The number of hydrogen-bond acceptors (Lipinski definition) is 3. The summed E-state index contributed by atoms with van der Waals surface area (Å²) in [6, 6.07) is 13.9. The summed E-state index contributed by atoms with van der Waals surface area (Å²) < 4.78 is 0.660. The third-order valence-electron chi connectivity index (χ3n) is 4.71. The highest BCUT2D eigenvalue weighted by Crippen LogP contribution is 2.46. The summed E-state index contributed by atoms with van der Waals surface area (Å²) in [6.07, 6.45) is -0.479. The topological polar surface area (TPSA) is 104 Å². The fourth-order valence-electron chi connectivity index (χ4n) is 3.37. The number of amides is 1. The molecule has 0 bridgehead atoms. The van der Waals surface area contributed by atoms with Crippen LogP contribution in [-0.4, -0.2) is 28.1 Å². The molecule has 0 saturated heterocycles. The smallest absolute Gasteiger partial charge is 0.321 e. The molecule has 0 aliphatic heterocycles. The fraction of sp³-hybridized carbons (Fsp3) is 0.211. The van der Waals surface area contributed by atoms with Gasteiger partial charge in [0.05, 0.1) is 5.92 Å². The van der Waals surface area contributed by atoms with Gasteiger partial charge in [-0.3, -0.25) is 14.4 Å². The summed E-state index contributed by atoms with van der Waals surface area (Å²) in [5, 5.41) is 22.0. The number of carbonyl (C=O) groups excluding carboxylic acids is 1. The number of benzene rings is 2. The zero-order chi connectivity index (χ0) is 18.9. The first-order valence-electron chi connectivity index (χ1n) is 7.95. The van der Waals surface area contributed by atoms with Crippen LogP contribution in [0.3, 0.4) is 0 Å². The Balaban J connectivity index is 2.06. The van der Waals surface area contributed by atoms with Crippen LogP contribution in [0, 0.1) is 5.41 Å². The number of aliphatic carboxylic acids is 2. The first-order chi connectivity index (χ1) is 12.3. The number of fused-ring (bicyclic) bond motifs is 1. The molecule has 1 aliphatic carbocycles. The second-order valence-corrected chi connectivity index (χ2v) is 7.15. The second-order valence-electron chi connectivity index (χ2n) is 6.29. The Bertz CT molecular complexity index is 867. The minimum atomic E-state index is -2.04. The first-order valence-corrected chi connectivity index (χ1v) is 8.74. The van der Waals surface area contributed by atoms with Crippen molar-refractivity contribution in [2.75, 3.05) is 5.32 Å². The summed E-state index contributed by atoms with van der Waals surface area (Å²) in [7, 11) is 0. The van der Waals surface area contributed by atoms with E-state index in [-0.39, 0.29) is 12.8 Å². The fourth-order valence-corrected chi connectivity index (χ4v) is 4.05. The van der Waals surface area contributed by atoms with E-state index >= 15 is 0 Å². The van der Waals surface area contributed by atoms with Crippen molar-refractivity contribution in [1.82, 2.24) is 0 Å². The number of nitrogens with one attached hydrogen (secondary N) is 1. The molecule has 0 saturated carbocycles. The van der Waals surface area contributed by atoms with Crippen molar-refractivity contribution in [2.24, 2.45) is 5.41 Å². The summed E-state index contributed by atoms with van der Waals surface area (Å²) in [4.78, 5) is 36.5. The molecule has 0 heterocycles. The van der Waals surface area contributed by atoms with Gasteiger partial charge in [0.25, 0.3) is 0 Å². The monoisotopic (exact) mass is 417 g/mol. The summed E-state index contributed by atoms with van der Waals surface area (Å²) in [6.45, 7) is 0. The minimum Gasteiger partial charge on any atom is -0.480 e. The molecule has 0 aromatic heterocycles. The molecule has 3 N–H and O–H groups in total. The predicted molar refractivity (Wildman–Crippen MR) is 98.0 cm³/mol. The van der Waals surface area contributed by atoms with Crippen molar-refractivity contribution in [2.45, 2.75) is 18.8 Å². The molecule has 0 fully saturated rings. The normalized spacial score (nSPS) is 17.8. The van der Waals surface area contributed by atoms with Crippen molar-refractivity contribution in [3.63, 3.8) is 0 Å². The van der Waals surface area contributed by atoms with E-state index in [0.717, 1.165) is 0 Å². The molecule has 1 aliphatic rings. The van der Waals surface area contributed by atoms with Gasteiger partial charge >= 0.3 is 11.9 Å². The minimum absolute atomic E-state index is 0.165. The standard InChI is InChI=1S/C19H16BrNO5/c20-14-8-4-5-11-9-19(17(23)24,18(25)26)10-13(15(11)14)16(22)21-12-6-2-1-3-7-12/h1-8,13H,9-10H2,(H,21,22)(H,23,24)(H,25,26). The van der Waals surface area contributed by atoms with Crippen LogP contribution in [0.5, 0.6) is 0 Å². The number of anilines is 1.